The molecule has 0 spiro atoms. The molecule has 0 aliphatic heterocycles. The van der Waals surface area contributed by atoms with E-state index in [2.05, 4.69) is 0 Å². The van der Waals surface area contributed by atoms with Crippen LogP contribution < -0.4 is 0 Å². The smallest absolute Gasteiger partial charge is 0.424 e. The fourth-order valence-electron chi connectivity index (χ4n) is 2.14. The van der Waals surface area contributed by atoms with Crippen molar-refractivity contribution >= 4 is 16.1 Å². The summed E-state index contributed by atoms with van der Waals surface area (Å²) in [6, 6.07) is 16.1. The third-order valence-electron chi connectivity index (χ3n) is 3.34. The van der Waals surface area contributed by atoms with E-state index < -0.39 is 21.7 Å². The van der Waals surface area contributed by atoms with E-state index in [0.717, 1.165) is 0 Å². The van der Waals surface area contributed by atoms with Crippen molar-refractivity contribution in [2.75, 3.05) is 0 Å². The van der Waals surface area contributed by atoms with Gasteiger partial charge in [0.1, 0.15) is 5.60 Å². The van der Waals surface area contributed by atoms with Crippen molar-refractivity contribution in [2.45, 2.75) is 37.8 Å². The number of ether oxygens (including phenoxy) is 1. The van der Waals surface area contributed by atoms with Crippen LogP contribution in [0.25, 0.3) is 0 Å². The third-order valence-corrected chi connectivity index (χ3v) is 5.06. The topological polar surface area (TPSA) is 87.5 Å². The lowest BCUT2D eigenvalue weighted by molar-refractivity contribution is 0.0381. The van der Waals surface area contributed by atoms with Crippen LogP contribution in [0.1, 0.15) is 31.9 Å². The van der Waals surface area contributed by atoms with Gasteiger partial charge in [-0.1, -0.05) is 30.3 Å². The molecule has 7 heteroatoms. The maximum Gasteiger partial charge on any atom is 0.424 e. The van der Waals surface area contributed by atoms with Gasteiger partial charge in [0, 0.05) is 0 Å². The zero-order valence-corrected chi connectivity index (χ0v) is 15.7. The van der Waals surface area contributed by atoms with E-state index in [1.807, 2.05) is 6.07 Å². The van der Waals surface area contributed by atoms with Crippen molar-refractivity contribution in [3.63, 3.8) is 0 Å². The Bertz CT molecular complexity index is 909. The predicted octanol–water partition coefficient (Wildman–Crippen LogP) is 3.68. The number of carbonyl (C=O) groups is 1. The molecule has 0 fully saturated rings. The monoisotopic (exact) mass is 372 g/mol. The molecule has 0 bridgehead atoms. The number of hydrogen-bond acceptors (Lipinski definition) is 5. The summed E-state index contributed by atoms with van der Waals surface area (Å²) in [5, 5.41) is 8.87. The molecule has 6 nitrogen and oxygen atoms in total. The number of carbonyl (C=O) groups excluding carboxylic acids is 1. The van der Waals surface area contributed by atoms with Crippen LogP contribution >= 0.6 is 0 Å². The molecule has 0 atom stereocenters. The van der Waals surface area contributed by atoms with Crippen LogP contribution in [0.2, 0.25) is 0 Å². The molecule has 136 valence electrons. The average molecular weight is 372 g/mol. The van der Waals surface area contributed by atoms with Crippen molar-refractivity contribution in [3.8, 4) is 6.07 Å². The highest BCUT2D eigenvalue weighted by Gasteiger charge is 2.33. The zero-order chi connectivity index (χ0) is 19.4. The van der Waals surface area contributed by atoms with Gasteiger partial charge in [-0.3, -0.25) is 0 Å². The fourth-order valence-corrected chi connectivity index (χ4v) is 3.43. The Labute approximate surface area is 153 Å². The summed E-state index contributed by atoms with van der Waals surface area (Å²) in [7, 11) is -4.15. The minimum absolute atomic E-state index is 0.0849. The normalized spacial score (nSPS) is 11.5. The van der Waals surface area contributed by atoms with E-state index in [1.54, 1.807) is 51.1 Å². The van der Waals surface area contributed by atoms with E-state index >= 15 is 0 Å². The number of hydrogen-bond donors (Lipinski definition) is 0. The SMILES string of the molecule is CC(C)(C)OC(=O)N(Cc1ccccc1)S(=O)(=O)c1ccc(C#N)cc1. The van der Waals surface area contributed by atoms with Crippen molar-refractivity contribution in [1.29, 1.82) is 5.26 Å². The Balaban J connectivity index is 2.43. The summed E-state index contributed by atoms with van der Waals surface area (Å²) < 4.78 is 32.0. The fraction of sp³-hybridized carbons (Fsp3) is 0.263. The summed E-state index contributed by atoms with van der Waals surface area (Å²) >= 11 is 0. The van der Waals surface area contributed by atoms with E-state index in [-0.39, 0.29) is 11.4 Å². The molecule has 0 heterocycles. The molecular formula is C19H20N2O4S. The van der Waals surface area contributed by atoms with Gasteiger partial charge in [0.2, 0.25) is 0 Å². The molecule has 26 heavy (non-hydrogen) atoms. The number of rotatable bonds is 4. The van der Waals surface area contributed by atoms with Gasteiger partial charge in [-0.15, -0.1) is 0 Å². The summed E-state index contributed by atoms with van der Waals surface area (Å²) in [4.78, 5) is 12.5. The van der Waals surface area contributed by atoms with Gasteiger partial charge in [0.15, 0.2) is 0 Å². The van der Waals surface area contributed by atoms with Crippen molar-refractivity contribution in [2.24, 2.45) is 0 Å². The number of nitrogens with zero attached hydrogens (tertiary/aromatic N) is 2. The van der Waals surface area contributed by atoms with Gasteiger partial charge in [-0.2, -0.15) is 9.57 Å². The maximum absolute atomic E-state index is 13.0. The van der Waals surface area contributed by atoms with Crippen LogP contribution in [0.5, 0.6) is 0 Å². The van der Waals surface area contributed by atoms with Gasteiger partial charge in [-0.25, -0.2) is 13.2 Å². The second kappa shape index (κ2) is 7.58. The lowest BCUT2D eigenvalue weighted by atomic mass is 10.2. The minimum atomic E-state index is -4.15. The molecule has 0 radical (unpaired) electrons. The molecule has 0 aliphatic rings. The molecule has 0 saturated carbocycles. The highest BCUT2D eigenvalue weighted by Crippen LogP contribution is 2.22. The first-order chi connectivity index (χ1) is 12.1. The maximum atomic E-state index is 13.0. The molecule has 0 N–H and O–H groups in total. The van der Waals surface area contributed by atoms with Crippen molar-refractivity contribution in [1.82, 2.24) is 4.31 Å². The predicted molar refractivity (Wildman–Crippen MR) is 96.6 cm³/mol. The zero-order valence-electron chi connectivity index (χ0n) is 14.8. The van der Waals surface area contributed by atoms with Crippen LogP contribution in [0, 0.1) is 11.3 Å². The average Bonchev–Trinajstić information content (AvgIpc) is 2.59. The molecular weight excluding hydrogens is 352 g/mol. The Morgan fingerprint density at radius 1 is 1.08 bits per heavy atom. The first-order valence-corrected chi connectivity index (χ1v) is 9.37. The van der Waals surface area contributed by atoms with Gasteiger partial charge >= 0.3 is 6.09 Å². The van der Waals surface area contributed by atoms with E-state index in [1.165, 1.54) is 24.3 Å². The summed E-state index contributed by atoms with van der Waals surface area (Å²) in [6.07, 6.45) is -0.953. The van der Waals surface area contributed by atoms with Gasteiger partial charge in [-0.05, 0) is 50.6 Å². The minimum Gasteiger partial charge on any atom is -0.443 e. The van der Waals surface area contributed by atoms with Crippen LogP contribution in [0.15, 0.2) is 59.5 Å². The lowest BCUT2D eigenvalue weighted by Crippen LogP contribution is -2.40. The standard InChI is InChI=1S/C19H20N2O4S/c1-19(2,3)25-18(22)21(14-16-7-5-4-6-8-16)26(23,24)17-11-9-15(13-20)10-12-17/h4-12H,14H2,1-3H3. The Morgan fingerprint density at radius 3 is 2.15 bits per heavy atom. The van der Waals surface area contributed by atoms with Crippen LogP contribution in [-0.2, 0) is 21.3 Å². The third kappa shape index (κ3) is 4.83. The molecule has 1 amide bonds. The van der Waals surface area contributed by atoms with Gasteiger partial charge in [0.25, 0.3) is 10.0 Å². The molecule has 2 aromatic carbocycles. The molecule has 2 aromatic rings. The van der Waals surface area contributed by atoms with Crippen molar-refractivity contribution in [3.05, 3.63) is 65.7 Å². The number of benzene rings is 2. The van der Waals surface area contributed by atoms with E-state index in [4.69, 9.17) is 10.00 Å². The van der Waals surface area contributed by atoms with E-state index in [0.29, 0.717) is 15.4 Å². The molecule has 2 rings (SSSR count). The van der Waals surface area contributed by atoms with Crippen molar-refractivity contribution < 1.29 is 17.9 Å². The Hall–Kier alpha value is -2.85. The Morgan fingerprint density at radius 2 is 1.65 bits per heavy atom. The van der Waals surface area contributed by atoms with Crippen LogP contribution in [-0.4, -0.2) is 24.4 Å². The molecule has 0 aromatic heterocycles. The van der Waals surface area contributed by atoms with Gasteiger partial charge < -0.3 is 4.74 Å². The Kier molecular flexibility index (Phi) is 5.68. The van der Waals surface area contributed by atoms with Crippen LogP contribution in [0.4, 0.5) is 4.79 Å². The summed E-state index contributed by atoms with van der Waals surface area (Å²) in [5.74, 6) is 0. The molecule has 0 saturated heterocycles. The second-order valence-electron chi connectivity index (χ2n) is 6.61. The summed E-state index contributed by atoms with van der Waals surface area (Å²) in [5.41, 5.74) is 0.137. The lowest BCUT2D eigenvalue weighted by Gasteiger charge is -2.27. The first-order valence-electron chi connectivity index (χ1n) is 7.93. The quantitative estimate of drug-likeness (QED) is 0.817. The largest absolute Gasteiger partial charge is 0.443 e. The number of sulfonamides is 1. The number of nitriles is 1. The highest BCUT2D eigenvalue weighted by atomic mass is 32.2. The highest BCUT2D eigenvalue weighted by molar-refractivity contribution is 7.89. The van der Waals surface area contributed by atoms with Gasteiger partial charge in [0.05, 0.1) is 23.1 Å². The number of amides is 1. The van der Waals surface area contributed by atoms with E-state index in [9.17, 15) is 13.2 Å². The molecule has 0 aliphatic carbocycles. The second-order valence-corrected chi connectivity index (χ2v) is 8.48. The molecule has 0 unspecified atom stereocenters. The first kappa shape index (κ1) is 19.5. The summed E-state index contributed by atoms with van der Waals surface area (Å²) in [6.45, 7) is 4.85. The van der Waals surface area contributed by atoms with Crippen LogP contribution in [0.3, 0.4) is 0 Å².